The molecule has 1 aliphatic heterocycles. The molecule has 14 heavy (non-hydrogen) atoms. The summed E-state index contributed by atoms with van der Waals surface area (Å²) < 4.78 is 24.7. The van der Waals surface area contributed by atoms with E-state index in [4.69, 9.17) is 5.73 Å². The Bertz CT molecular complexity index is 302. The minimum absolute atomic E-state index is 0.0870. The van der Waals surface area contributed by atoms with Crippen LogP contribution < -0.4 is 5.73 Å². The van der Waals surface area contributed by atoms with Gasteiger partial charge in [0.15, 0.2) is 0 Å². The van der Waals surface area contributed by atoms with E-state index in [9.17, 15) is 8.42 Å². The van der Waals surface area contributed by atoms with Gasteiger partial charge in [-0.2, -0.15) is 4.31 Å². The predicted molar refractivity (Wildman–Crippen MR) is 57.5 cm³/mol. The highest BCUT2D eigenvalue weighted by atomic mass is 32.2. The summed E-state index contributed by atoms with van der Waals surface area (Å²) in [7, 11) is -1.47. The van der Waals surface area contributed by atoms with Crippen LogP contribution in [0.2, 0.25) is 0 Å². The van der Waals surface area contributed by atoms with Gasteiger partial charge >= 0.3 is 0 Å². The molecule has 1 fully saturated rings. The average Bonchev–Trinajstić information content (AvgIpc) is 2.25. The summed E-state index contributed by atoms with van der Waals surface area (Å²) in [5.41, 5.74) is 5.52. The maximum Gasteiger partial charge on any atom is 0.215 e. The van der Waals surface area contributed by atoms with Crippen molar-refractivity contribution in [3.8, 4) is 0 Å². The molecule has 1 saturated heterocycles. The molecule has 0 aromatic heterocycles. The number of rotatable bonds is 3. The molecule has 0 spiro atoms. The van der Waals surface area contributed by atoms with Crippen LogP contribution in [0.3, 0.4) is 0 Å². The van der Waals surface area contributed by atoms with Crippen molar-refractivity contribution in [1.29, 1.82) is 0 Å². The number of sulfonamides is 1. The molecule has 4 nitrogen and oxygen atoms in total. The molecule has 2 unspecified atom stereocenters. The van der Waals surface area contributed by atoms with Crippen molar-refractivity contribution >= 4 is 10.0 Å². The molecule has 0 aliphatic carbocycles. The molecule has 5 heteroatoms. The maximum atomic E-state index is 11.6. The number of hydrogen-bond acceptors (Lipinski definition) is 3. The quantitative estimate of drug-likeness (QED) is 0.755. The zero-order valence-electron chi connectivity index (χ0n) is 9.16. The van der Waals surface area contributed by atoms with Crippen LogP contribution in [0.1, 0.15) is 33.1 Å². The zero-order chi connectivity index (χ0) is 11.0. The van der Waals surface area contributed by atoms with Crippen molar-refractivity contribution in [2.75, 3.05) is 12.8 Å². The standard InChI is InChI=1S/C9H20N2O2S/c1-4-5-6-9(2)8(10)7-14(12,13)11(9)3/h8H,4-7,10H2,1-3H3. The fraction of sp³-hybridized carbons (Fsp3) is 1.00. The summed E-state index contributed by atoms with van der Waals surface area (Å²) >= 11 is 0. The Balaban J connectivity index is 2.87. The monoisotopic (exact) mass is 220 g/mol. The lowest BCUT2D eigenvalue weighted by atomic mass is 9.88. The number of nitrogens with zero attached hydrogens (tertiary/aromatic N) is 1. The Morgan fingerprint density at radius 3 is 2.50 bits per heavy atom. The van der Waals surface area contributed by atoms with Crippen LogP contribution in [-0.2, 0) is 10.0 Å². The number of hydrogen-bond donors (Lipinski definition) is 1. The van der Waals surface area contributed by atoms with Crippen molar-refractivity contribution in [3.05, 3.63) is 0 Å². The second kappa shape index (κ2) is 3.79. The van der Waals surface area contributed by atoms with E-state index in [0.29, 0.717) is 0 Å². The first-order valence-corrected chi connectivity index (χ1v) is 6.68. The van der Waals surface area contributed by atoms with E-state index in [1.54, 1.807) is 7.05 Å². The molecule has 0 aromatic carbocycles. The molecule has 0 saturated carbocycles. The lowest BCUT2D eigenvalue weighted by molar-refractivity contribution is 0.213. The minimum atomic E-state index is -3.10. The molecule has 0 aromatic rings. The fourth-order valence-corrected chi connectivity index (χ4v) is 3.85. The highest BCUT2D eigenvalue weighted by Gasteiger charge is 2.49. The lowest BCUT2D eigenvalue weighted by Gasteiger charge is -2.33. The second-order valence-electron chi connectivity index (χ2n) is 4.31. The van der Waals surface area contributed by atoms with Crippen molar-refractivity contribution in [2.45, 2.75) is 44.7 Å². The van der Waals surface area contributed by atoms with Crippen LogP contribution in [-0.4, -0.2) is 37.1 Å². The van der Waals surface area contributed by atoms with E-state index < -0.39 is 10.0 Å². The molecule has 84 valence electrons. The Hall–Kier alpha value is -0.130. The van der Waals surface area contributed by atoms with E-state index in [1.165, 1.54) is 4.31 Å². The molecule has 0 radical (unpaired) electrons. The van der Waals surface area contributed by atoms with Gasteiger partial charge in [0.25, 0.3) is 0 Å². The number of unbranched alkanes of at least 4 members (excludes halogenated alkanes) is 1. The maximum absolute atomic E-state index is 11.6. The molecular weight excluding hydrogens is 200 g/mol. The second-order valence-corrected chi connectivity index (χ2v) is 6.36. The van der Waals surface area contributed by atoms with Gasteiger partial charge in [0.1, 0.15) is 0 Å². The smallest absolute Gasteiger partial charge is 0.215 e. The third-order valence-corrected chi connectivity index (χ3v) is 5.39. The van der Waals surface area contributed by atoms with Gasteiger partial charge in [-0.1, -0.05) is 19.8 Å². The predicted octanol–water partition coefficient (Wildman–Crippen LogP) is 0.538. The van der Waals surface area contributed by atoms with Gasteiger partial charge in [0.05, 0.1) is 5.75 Å². The summed E-state index contributed by atoms with van der Waals surface area (Å²) in [6.45, 7) is 4.04. The summed E-state index contributed by atoms with van der Waals surface area (Å²) in [6.07, 6.45) is 2.93. The van der Waals surface area contributed by atoms with Crippen LogP contribution in [0, 0.1) is 0 Å². The van der Waals surface area contributed by atoms with Gasteiger partial charge < -0.3 is 5.73 Å². The van der Waals surface area contributed by atoms with Crippen molar-refractivity contribution in [1.82, 2.24) is 4.31 Å². The summed E-state index contributed by atoms with van der Waals surface area (Å²) in [4.78, 5) is 0. The summed E-state index contributed by atoms with van der Waals surface area (Å²) in [5, 5.41) is 0. The van der Waals surface area contributed by atoms with Crippen molar-refractivity contribution in [2.24, 2.45) is 5.73 Å². The van der Waals surface area contributed by atoms with Crippen LogP contribution >= 0.6 is 0 Å². The molecular formula is C9H20N2O2S. The Morgan fingerprint density at radius 2 is 2.14 bits per heavy atom. The Labute approximate surface area is 86.5 Å². The zero-order valence-corrected chi connectivity index (χ0v) is 9.97. The minimum Gasteiger partial charge on any atom is -0.325 e. The molecule has 0 bridgehead atoms. The lowest BCUT2D eigenvalue weighted by Crippen LogP contribution is -2.50. The third-order valence-electron chi connectivity index (χ3n) is 3.36. The fourth-order valence-electron chi connectivity index (χ4n) is 1.95. The first-order chi connectivity index (χ1) is 6.34. The normalized spacial score (nSPS) is 37.6. The highest BCUT2D eigenvalue weighted by molar-refractivity contribution is 7.89. The van der Waals surface area contributed by atoms with Crippen LogP contribution in [0.4, 0.5) is 0 Å². The summed E-state index contributed by atoms with van der Waals surface area (Å²) in [6, 6.07) is -0.260. The first kappa shape index (κ1) is 11.9. The van der Waals surface area contributed by atoms with E-state index >= 15 is 0 Å². The highest BCUT2D eigenvalue weighted by Crippen LogP contribution is 2.33. The van der Waals surface area contributed by atoms with Gasteiger partial charge in [0.2, 0.25) is 10.0 Å². The van der Waals surface area contributed by atoms with E-state index in [-0.39, 0.29) is 17.3 Å². The topological polar surface area (TPSA) is 63.4 Å². The van der Waals surface area contributed by atoms with Gasteiger partial charge in [-0.15, -0.1) is 0 Å². The average molecular weight is 220 g/mol. The molecule has 2 atom stereocenters. The van der Waals surface area contributed by atoms with Crippen LogP contribution in [0.25, 0.3) is 0 Å². The molecule has 0 amide bonds. The van der Waals surface area contributed by atoms with Gasteiger partial charge in [-0.3, -0.25) is 0 Å². The largest absolute Gasteiger partial charge is 0.325 e. The SMILES string of the molecule is CCCCC1(C)C(N)CS(=O)(=O)N1C. The third kappa shape index (κ3) is 1.81. The molecule has 1 aliphatic rings. The van der Waals surface area contributed by atoms with Gasteiger partial charge in [-0.05, 0) is 13.3 Å². The number of nitrogens with two attached hydrogens (primary N) is 1. The van der Waals surface area contributed by atoms with Crippen molar-refractivity contribution in [3.63, 3.8) is 0 Å². The van der Waals surface area contributed by atoms with Gasteiger partial charge in [-0.25, -0.2) is 8.42 Å². The first-order valence-electron chi connectivity index (χ1n) is 5.07. The van der Waals surface area contributed by atoms with Crippen molar-refractivity contribution < 1.29 is 8.42 Å². The van der Waals surface area contributed by atoms with Crippen LogP contribution in [0.15, 0.2) is 0 Å². The number of likely N-dealkylation sites (N-methyl/N-ethyl adjacent to an activating group) is 1. The van der Waals surface area contributed by atoms with E-state index in [0.717, 1.165) is 19.3 Å². The van der Waals surface area contributed by atoms with E-state index in [2.05, 4.69) is 6.92 Å². The van der Waals surface area contributed by atoms with Gasteiger partial charge in [0, 0.05) is 18.6 Å². The van der Waals surface area contributed by atoms with E-state index in [1.807, 2.05) is 6.92 Å². The van der Waals surface area contributed by atoms with Crippen LogP contribution in [0.5, 0.6) is 0 Å². The molecule has 1 heterocycles. The molecule has 1 rings (SSSR count). The Morgan fingerprint density at radius 1 is 1.57 bits per heavy atom. The Kier molecular flexibility index (Phi) is 3.23. The summed E-state index contributed by atoms with van der Waals surface area (Å²) in [5.74, 6) is 0.0870. The molecule has 2 N–H and O–H groups in total.